The van der Waals surface area contributed by atoms with Gasteiger partial charge in [-0.1, -0.05) is 25.8 Å². The number of rotatable bonds is 5. The van der Waals surface area contributed by atoms with E-state index in [0.717, 1.165) is 25.3 Å². The molecule has 0 bridgehead atoms. The van der Waals surface area contributed by atoms with Gasteiger partial charge in [-0.15, -0.1) is 0 Å². The van der Waals surface area contributed by atoms with E-state index in [9.17, 15) is 0 Å². The van der Waals surface area contributed by atoms with Crippen molar-refractivity contribution in [3.05, 3.63) is 28.8 Å². The number of likely N-dealkylation sites (tertiary alicyclic amines) is 1. The molecule has 2 heterocycles. The Morgan fingerprint density at radius 2 is 2.05 bits per heavy atom. The van der Waals surface area contributed by atoms with Crippen LogP contribution in [0, 0.1) is 0 Å². The van der Waals surface area contributed by atoms with E-state index in [-0.39, 0.29) is 0 Å². The molecule has 0 aliphatic carbocycles. The van der Waals surface area contributed by atoms with Crippen LogP contribution in [0.5, 0.6) is 5.75 Å². The minimum Gasteiger partial charge on any atom is -0.496 e. The van der Waals surface area contributed by atoms with Crippen molar-refractivity contribution in [3.8, 4) is 5.75 Å². The molecule has 0 aromatic heterocycles. The Morgan fingerprint density at radius 3 is 2.77 bits per heavy atom. The minimum absolute atomic E-state index is 0.506. The average molecular weight is 302 g/mol. The number of hydrogen-bond acceptors (Lipinski definition) is 3. The van der Waals surface area contributed by atoms with Crippen molar-refractivity contribution in [3.63, 3.8) is 0 Å². The molecule has 1 atom stereocenters. The van der Waals surface area contributed by atoms with Crippen molar-refractivity contribution in [2.75, 3.05) is 26.7 Å². The highest BCUT2D eigenvalue weighted by atomic mass is 16.5. The van der Waals surface area contributed by atoms with E-state index in [2.05, 4.69) is 29.3 Å². The Morgan fingerprint density at radius 1 is 1.23 bits per heavy atom. The smallest absolute Gasteiger partial charge is 0.123 e. The molecule has 1 aromatic rings. The summed E-state index contributed by atoms with van der Waals surface area (Å²) in [4.78, 5) is 2.58. The SMILES string of the molecule is CCCC1NCCc2cc(CN3CCCCC3)c(OC)cc21. The van der Waals surface area contributed by atoms with Gasteiger partial charge in [-0.2, -0.15) is 0 Å². The van der Waals surface area contributed by atoms with Crippen molar-refractivity contribution >= 4 is 0 Å². The highest BCUT2D eigenvalue weighted by molar-refractivity contribution is 5.45. The molecule has 122 valence electrons. The van der Waals surface area contributed by atoms with Crippen LogP contribution in [0.2, 0.25) is 0 Å². The Labute approximate surface area is 135 Å². The second-order valence-corrected chi connectivity index (χ2v) is 6.75. The zero-order valence-corrected chi connectivity index (χ0v) is 14.2. The summed E-state index contributed by atoms with van der Waals surface area (Å²) in [5.74, 6) is 1.08. The van der Waals surface area contributed by atoms with Gasteiger partial charge in [-0.3, -0.25) is 4.90 Å². The summed E-state index contributed by atoms with van der Waals surface area (Å²) in [5.41, 5.74) is 4.37. The number of nitrogens with one attached hydrogen (secondary N) is 1. The maximum atomic E-state index is 5.72. The van der Waals surface area contributed by atoms with E-state index in [1.807, 2.05) is 7.11 Å². The maximum absolute atomic E-state index is 5.72. The second kappa shape index (κ2) is 7.47. The van der Waals surface area contributed by atoms with Crippen LogP contribution in [-0.4, -0.2) is 31.6 Å². The fourth-order valence-corrected chi connectivity index (χ4v) is 3.94. The summed E-state index contributed by atoms with van der Waals surface area (Å²) >= 11 is 0. The predicted molar refractivity (Wildman–Crippen MR) is 91.5 cm³/mol. The minimum atomic E-state index is 0.506. The Kier molecular flexibility index (Phi) is 5.37. The quantitative estimate of drug-likeness (QED) is 0.898. The van der Waals surface area contributed by atoms with Gasteiger partial charge in [0.15, 0.2) is 0 Å². The van der Waals surface area contributed by atoms with Crippen LogP contribution in [0.15, 0.2) is 12.1 Å². The molecule has 3 nitrogen and oxygen atoms in total. The zero-order valence-electron chi connectivity index (χ0n) is 14.2. The number of methoxy groups -OCH3 is 1. The molecule has 1 N–H and O–H groups in total. The molecular weight excluding hydrogens is 272 g/mol. The van der Waals surface area contributed by atoms with Gasteiger partial charge in [0, 0.05) is 18.2 Å². The average Bonchev–Trinajstić information content (AvgIpc) is 2.56. The molecule has 0 saturated carbocycles. The van der Waals surface area contributed by atoms with Gasteiger partial charge in [0.05, 0.1) is 7.11 Å². The lowest BCUT2D eigenvalue weighted by Gasteiger charge is -2.30. The van der Waals surface area contributed by atoms with E-state index in [0.29, 0.717) is 6.04 Å². The molecule has 1 unspecified atom stereocenters. The second-order valence-electron chi connectivity index (χ2n) is 6.75. The van der Waals surface area contributed by atoms with Crippen molar-refractivity contribution in [1.82, 2.24) is 10.2 Å². The Balaban J connectivity index is 1.84. The van der Waals surface area contributed by atoms with E-state index < -0.39 is 0 Å². The lowest BCUT2D eigenvalue weighted by molar-refractivity contribution is 0.218. The molecule has 0 radical (unpaired) electrons. The van der Waals surface area contributed by atoms with Crippen LogP contribution in [-0.2, 0) is 13.0 Å². The van der Waals surface area contributed by atoms with Crippen molar-refractivity contribution in [1.29, 1.82) is 0 Å². The summed E-state index contributed by atoms with van der Waals surface area (Å²) in [7, 11) is 1.81. The van der Waals surface area contributed by atoms with Gasteiger partial charge in [-0.05, 0) is 62.5 Å². The molecule has 22 heavy (non-hydrogen) atoms. The molecule has 0 spiro atoms. The summed E-state index contributed by atoms with van der Waals surface area (Å²) in [6.07, 6.45) is 7.65. The molecule has 2 aliphatic rings. The third-order valence-electron chi connectivity index (χ3n) is 5.12. The van der Waals surface area contributed by atoms with Crippen LogP contribution in [0.4, 0.5) is 0 Å². The van der Waals surface area contributed by atoms with Crippen LogP contribution in [0.1, 0.15) is 61.8 Å². The molecule has 3 rings (SSSR count). The third-order valence-corrected chi connectivity index (χ3v) is 5.12. The number of benzene rings is 1. The van der Waals surface area contributed by atoms with E-state index in [4.69, 9.17) is 4.74 Å². The van der Waals surface area contributed by atoms with Crippen molar-refractivity contribution in [2.45, 2.75) is 58.0 Å². The first-order valence-electron chi connectivity index (χ1n) is 8.97. The van der Waals surface area contributed by atoms with Gasteiger partial charge >= 0.3 is 0 Å². The number of piperidine rings is 1. The monoisotopic (exact) mass is 302 g/mol. The first-order chi connectivity index (χ1) is 10.8. The van der Waals surface area contributed by atoms with E-state index in [1.165, 1.54) is 61.9 Å². The third kappa shape index (κ3) is 3.47. The summed E-state index contributed by atoms with van der Waals surface area (Å²) in [5, 5.41) is 3.66. The summed E-state index contributed by atoms with van der Waals surface area (Å²) in [6.45, 7) is 6.88. The number of hydrogen-bond donors (Lipinski definition) is 1. The van der Waals surface area contributed by atoms with Crippen LogP contribution in [0.3, 0.4) is 0 Å². The topological polar surface area (TPSA) is 24.5 Å². The highest BCUT2D eigenvalue weighted by Crippen LogP contribution is 2.33. The van der Waals surface area contributed by atoms with E-state index >= 15 is 0 Å². The first kappa shape index (κ1) is 15.8. The first-order valence-corrected chi connectivity index (χ1v) is 8.97. The number of nitrogens with zero attached hydrogens (tertiary/aromatic N) is 1. The van der Waals surface area contributed by atoms with Crippen LogP contribution >= 0.6 is 0 Å². The lowest BCUT2D eigenvalue weighted by Crippen LogP contribution is -2.31. The maximum Gasteiger partial charge on any atom is 0.123 e. The highest BCUT2D eigenvalue weighted by Gasteiger charge is 2.22. The van der Waals surface area contributed by atoms with Gasteiger partial charge < -0.3 is 10.1 Å². The fourth-order valence-electron chi connectivity index (χ4n) is 3.94. The van der Waals surface area contributed by atoms with Gasteiger partial charge in [0.2, 0.25) is 0 Å². The molecular formula is C19H30N2O. The largest absolute Gasteiger partial charge is 0.496 e. The van der Waals surface area contributed by atoms with Crippen LogP contribution in [0.25, 0.3) is 0 Å². The molecule has 0 amide bonds. The predicted octanol–water partition coefficient (Wildman–Crippen LogP) is 3.67. The molecule has 3 heteroatoms. The van der Waals surface area contributed by atoms with Crippen LogP contribution < -0.4 is 10.1 Å². The van der Waals surface area contributed by atoms with Gasteiger partial charge in [0.25, 0.3) is 0 Å². The number of fused-ring (bicyclic) bond motifs is 1. The normalized spacial score (nSPS) is 22.4. The van der Waals surface area contributed by atoms with Gasteiger partial charge in [-0.25, -0.2) is 0 Å². The van der Waals surface area contributed by atoms with Crippen molar-refractivity contribution in [2.24, 2.45) is 0 Å². The standard InChI is InChI=1S/C19H30N2O/c1-3-7-18-17-13-19(22-2)16(12-15(17)8-9-20-18)14-21-10-5-4-6-11-21/h12-13,18,20H,3-11,14H2,1-2H3. The zero-order chi connectivity index (χ0) is 15.4. The van der Waals surface area contributed by atoms with Gasteiger partial charge in [0.1, 0.15) is 5.75 Å². The summed E-state index contributed by atoms with van der Waals surface area (Å²) < 4.78 is 5.72. The lowest BCUT2D eigenvalue weighted by atomic mass is 9.89. The molecule has 1 saturated heterocycles. The van der Waals surface area contributed by atoms with E-state index in [1.54, 1.807) is 0 Å². The summed E-state index contributed by atoms with van der Waals surface area (Å²) in [6, 6.07) is 5.24. The molecule has 1 aromatic carbocycles. The molecule has 1 fully saturated rings. The fraction of sp³-hybridized carbons (Fsp3) is 0.684. The Bertz CT molecular complexity index is 494. The van der Waals surface area contributed by atoms with Crippen molar-refractivity contribution < 1.29 is 4.74 Å². The molecule has 2 aliphatic heterocycles. The Hall–Kier alpha value is -1.06. The number of ether oxygens (including phenoxy) is 1.